The van der Waals surface area contributed by atoms with Crippen LogP contribution in [-0.2, 0) is 6.18 Å². The molecule has 0 aliphatic rings. The van der Waals surface area contributed by atoms with Crippen molar-refractivity contribution >= 4 is 17.7 Å². The zero-order chi connectivity index (χ0) is 12.2. The summed E-state index contributed by atoms with van der Waals surface area (Å²) in [5.41, 5.74) is -1.33. The first kappa shape index (κ1) is 13.0. The highest BCUT2D eigenvalue weighted by molar-refractivity contribution is 6.17. The van der Waals surface area contributed by atoms with E-state index in [9.17, 15) is 17.6 Å². The van der Waals surface area contributed by atoms with Gasteiger partial charge in [-0.3, -0.25) is 0 Å². The van der Waals surface area contributed by atoms with Crippen molar-refractivity contribution in [2.24, 2.45) is 0 Å². The van der Waals surface area contributed by atoms with Crippen molar-refractivity contribution in [3.05, 3.63) is 41.2 Å². The zero-order valence-electron chi connectivity index (χ0n) is 8.19. The number of hydrogen-bond acceptors (Lipinski definition) is 0. The molecule has 0 atom stereocenters. The van der Waals surface area contributed by atoms with Crippen LogP contribution < -0.4 is 0 Å². The normalized spacial score (nSPS) is 12.3. The van der Waals surface area contributed by atoms with Crippen molar-refractivity contribution in [3.63, 3.8) is 0 Å². The molecule has 0 aliphatic heterocycles. The largest absolute Gasteiger partial charge is 0.419 e. The Bertz CT molecular complexity index is 382. The monoisotopic (exact) mass is 252 g/mol. The molecule has 0 bridgehead atoms. The predicted octanol–water partition coefficient (Wildman–Crippen LogP) is 4.49. The molecule has 0 nitrogen and oxygen atoms in total. The molecule has 88 valence electrons. The standard InChI is InChI=1S/C11H9ClF4/c12-7-2-1-4-8-5-3-6-9(10(8)13)11(14,15)16/h1,3-6H,2,7H2. The molecule has 0 spiro atoms. The van der Waals surface area contributed by atoms with Crippen LogP contribution in [0.3, 0.4) is 0 Å². The fraction of sp³-hybridized carbons (Fsp3) is 0.273. The average molecular weight is 253 g/mol. The van der Waals surface area contributed by atoms with Gasteiger partial charge in [-0.15, -0.1) is 11.6 Å². The lowest BCUT2D eigenvalue weighted by Gasteiger charge is -2.09. The first-order chi connectivity index (χ1) is 7.46. The van der Waals surface area contributed by atoms with Gasteiger partial charge in [-0.05, 0) is 12.5 Å². The van der Waals surface area contributed by atoms with Crippen LogP contribution in [0.1, 0.15) is 17.5 Å². The second kappa shape index (κ2) is 5.34. The molecule has 0 aromatic heterocycles. The molecule has 0 aliphatic carbocycles. The van der Waals surface area contributed by atoms with Crippen LogP contribution in [0.4, 0.5) is 17.6 Å². The predicted molar refractivity (Wildman–Crippen MR) is 55.8 cm³/mol. The molecule has 1 aromatic carbocycles. The van der Waals surface area contributed by atoms with E-state index < -0.39 is 17.6 Å². The van der Waals surface area contributed by atoms with E-state index in [2.05, 4.69) is 0 Å². The molecule has 0 heterocycles. The van der Waals surface area contributed by atoms with Gasteiger partial charge in [0.1, 0.15) is 5.82 Å². The van der Waals surface area contributed by atoms with Gasteiger partial charge in [0, 0.05) is 11.4 Å². The van der Waals surface area contributed by atoms with Crippen LogP contribution in [-0.4, -0.2) is 5.88 Å². The smallest absolute Gasteiger partial charge is 0.206 e. The lowest BCUT2D eigenvalue weighted by Crippen LogP contribution is -2.08. The SMILES string of the molecule is Fc1c(C=CCCCl)cccc1C(F)(F)F. The summed E-state index contributed by atoms with van der Waals surface area (Å²) in [6.45, 7) is 0. The molecule has 0 unspecified atom stereocenters. The highest BCUT2D eigenvalue weighted by Gasteiger charge is 2.34. The van der Waals surface area contributed by atoms with Gasteiger partial charge in [0.2, 0.25) is 0 Å². The van der Waals surface area contributed by atoms with Gasteiger partial charge in [-0.25, -0.2) is 4.39 Å². The van der Waals surface area contributed by atoms with Crippen LogP contribution in [0, 0.1) is 5.82 Å². The van der Waals surface area contributed by atoms with Crippen molar-refractivity contribution in [2.45, 2.75) is 12.6 Å². The summed E-state index contributed by atoms with van der Waals surface area (Å²) in [6, 6.07) is 3.18. The topological polar surface area (TPSA) is 0 Å². The molecule has 16 heavy (non-hydrogen) atoms. The van der Waals surface area contributed by atoms with Crippen molar-refractivity contribution in [1.29, 1.82) is 0 Å². The second-order valence-electron chi connectivity index (χ2n) is 3.09. The third-order valence-electron chi connectivity index (χ3n) is 1.91. The Balaban J connectivity index is 3.05. The molecule has 0 saturated carbocycles. The van der Waals surface area contributed by atoms with Crippen molar-refractivity contribution in [3.8, 4) is 0 Å². The molecule has 0 fully saturated rings. The summed E-state index contributed by atoms with van der Waals surface area (Å²) in [5, 5.41) is 0. The van der Waals surface area contributed by atoms with Crippen molar-refractivity contribution in [2.75, 3.05) is 5.88 Å². The first-order valence-corrected chi connectivity index (χ1v) is 5.08. The molecule has 5 heteroatoms. The average Bonchev–Trinajstić information content (AvgIpc) is 2.19. The summed E-state index contributed by atoms with van der Waals surface area (Å²) in [6.07, 6.45) is -1.35. The van der Waals surface area contributed by atoms with E-state index in [-0.39, 0.29) is 5.56 Å². The highest BCUT2D eigenvalue weighted by Crippen LogP contribution is 2.32. The molecule has 0 saturated heterocycles. The summed E-state index contributed by atoms with van der Waals surface area (Å²) in [4.78, 5) is 0. The van der Waals surface area contributed by atoms with Gasteiger partial charge in [-0.2, -0.15) is 13.2 Å². The van der Waals surface area contributed by atoms with E-state index >= 15 is 0 Å². The fourth-order valence-corrected chi connectivity index (χ4v) is 1.30. The molecule has 0 amide bonds. The fourth-order valence-electron chi connectivity index (χ4n) is 1.17. The Labute approximate surface area is 95.5 Å². The Kier molecular flexibility index (Phi) is 4.35. The summed E-state index contributed by atoms with van der Waals surface area (Å²) >= 11 is 5.39. The highest BCUT2D eigenvalue weighted by atomic mass is 35.5. The lowest BCUT2D eigenvalue weighted by atomic mass is 10.1. The van der Waals surface area contributed by atoms with Crippen LogP contribution in [0.5, 0.6) is 0 Å². The first-order valence-electron chi connectivity index (χ1n) is 4.55. The third kappa shape index (κ3) is 3.23. The van der Waals surface area contributed by atoms with Gasteiger partial charge in [-0.1, -0.05) is 24.3 Å². The van der Waals surface area contributed by atoms with Gasteiger partial charge >= 0.3 is 6.18 Å². The minimum absolute atomic E-state index is 0.0834. The Hall–Kier alpha value is -1.03. The van der Waals surface area contributed by atoms with E-state index in [1.54, 1.807) is 0 Å². The quantitative estimate of drug-likeness (QED) is 0.549. The summed E-state index contributed by atoms with van der Waals surface area (Å²) in [5.74, 6) is -0.905. The number of benzene rings is 1. The number of halogens is 5. The molecular formula is C11H9ClF4. The Morgan fingerprint density at radius 3 is 2.50 bits per heavy atom. The van der Waals surface area contributed by atoms with E-state index in [0.29, 0.717) is 18.4 Å². The molecule has 0 N–H and O–H groups in total. The summed E-state index contributed by atoms with van der Waals surface area (Å²) < 4.78 is 50.4. The second-order valence-corrected chi connectivity index (χ2v) is 3.46. The molecule has 1 rings (SSSR count). The molecular weight excluding hydrogens is 244 g/mol. The van der Waals surface area contributed by atoms with E-state index in [4.69, 9.17) is 11.6 Å². The molecule has 1 aromatic rings. The van der Waals surface area contributed by atoms with Crippen LogP contribution in [0.25, 0.3) is 6.08 Å². The van der Waals surface area contributed by atoms with E-state index in [1.807, 2.05) is 0 Å². The summed E-state index contributed by atoms with van der Waals surface area (Å²) in [7, 11) is 0. The van der Waals surface area contributed by atoms with Gasteiger partial charge in [0.15, 0.2) is 0 Å². The van der Waals surface area contributed by atoms with Crippen molar-refractivity contribution in [1.82, 2.24) is 0 Å². The van der Waals surface area contributed by atoms with Gasteiger partial charge in [0.05, 0.1) is 5.56 Å². The number of rotatable bonds is 3. The van der Waals surface area contributed by atoms with Crippen LogP contribution >= 0.6 is 11.6 Å². The maximum absolute atomic E-state index is 13.4. The Morgan fingerprint density at radius 2 is 1.94 bits per heavy atom. The Morgan fingerprint density at radius 1 is 1.25 bits per heavy atom. The van der Waals surface area contributed by atoms with E-state index in [1.165, 1.54) is 24.3 Å². The third-order valence-corrected chi connectivity index (χ3v) is 2.13. The number of alkyl halides is 4. The number of allylic oxidation sites excluding steroid dienone is 1. The van der Waals surface area contributed by atoms with Crippen molar-refractivity contribution < 1.29 is 17.6 Å². The minimum atomic E-state index is -4.67. The molecule has 0 radical (unpaired) electrons. The maximum atomic E-state index is 13.4. The van der Waals surface area contributed by atoms with Crippen LogP contribution in [0.15, 0.2) is 24.3 Å². The van der Waals surface area contributed by atoms with E-state index in [0.717, 1.165) is 0 Å². The van der Waals surface area contributed by atoms with Gasteiger partial charge < -0.3 is 0 Å². The zero-order valence-corrected chi connectivity index (χ0v) is 8.95. The number of hydrogen-bond donors (Lipinski definition) is 0. The van der Waals surface area contributed by atoms with Gasteiger partial charge in [0.25, 0.3) is 0 Å². The maximum Gasteiger partial charge on any atom is 0.419 e. The minimum Gasteiger partial charge on any atom is -0.206 e. The van der Waals surface area contributed by atoms with Crippen LogP contribution in [0.2, 0.25) is 0 Å². The lowest BCUT2D eigenvalue weighted by molar-refractivity contribution is -0.140.